The molecule has 21 heavy (non-hydrogen) atoms. The molecular formula is C16H10ClNO3. The van der Waals surface area contributed by atoms with E-state index in [4.69, 9.17) is 21.4 Å². The van der Waals surface area contributed by atoms with Gasteiger partial charge in [-0.05, 0) is 24.3 Å². The van der Waals surface area contributed by atoms with Crippen LogP contribution in [0.4, 0.5) is 0 Å². The number of rotatable bonds is 3. The third kappa shape index (κ3) is 2.80. The Kier molecular flexibility index (Phi) is 3.46. The van der Waals surface area contributed by atoms with Gasteiger partial charge in [0.2, 0.25) is 5.88 Å². The summed E-state index contributed by atoms with van der Waals surface area (Å²) in [6.07, 6.45) is 0. The molecule has 3 rings (SSSR count). The van der Waals surface area contributed by atoms with Crippen molar-refractivity contribution in [1.29, 1.82) is 0 Å². The second-order valence-corrected chi connectivity index (χ2v) is 4.83. The second kappa shape index (κ2) is 5.42. The van der Waals surface area contributed by atoms with Gasteiger partial charge in [0.15, 0.2) is 0 Å². The second-order valence-electron chi connectivity index (χ2n) is 4.39. The third-order valence-electron chi connectivity index (χ3n) is 2.96. The molecule has 1 N–H and O–H groups in total. The molecular weight excluding hydrogens is 290 g/mol. The van der Waals surface area contributed by atoms with E-state index in [1.54, 1.807) is 6.07 Å². The molecule has 0 atom stereocenters. The summed E-state index contributed by atoms with van der Waals surface area (Å²) < 4.78 is 5.58. The molecule has 0 aliphatic heterocycles. The molecule has 0 spiro atoms. The van der Waals surface area contributed by atoms with E-state index in [9.17, 15) is 4.79 Å². The smallest absolute Gasteiger partial charge is 0.339 e. The van der Waals surface area contributed by atoms with E-state index in [0.717, 1.165) is 10.9 Å². The molecule has 0 aliphatic carbocycles. The van der Waals surface area contributed by atoms with Gasteiger partial charge in [0.25, 0.3) is 0 Å². The van der Waals surface area contributed by atoms with Crippen LogP contribution in [0.1, 0.15) is 10.4 Å². The Morgan fingerprint density at radius 1 is 1.10 bits per heavy atom. The van der Waals surface area contributed by atoms with Crippen LogP contribution < -0.4 is 4.74 Å². The largest absolute Gasteiger partial charge is 0.478 e. The summed E-state index contributed by atoms with van der Waals surface area (Å²) in [5, 5.41) is 10.5. The Morgan fingerprint density at radius 3 is 2.71 bits per heavy atom. The number of aromatic nitrogens is 1. The van der Waals surface area contributed by atoms with Crippen LogP contribution in [0, 0.1) is 0 Å². The lowest BCUT2D eigenvalue weighted by molar-refractivity contribution is 0.0694. The number of hydrogen-bond donors (Lipinski definition) is 1. The van der Waals surface area contributed by atoms with Crippen molar-refractivity contribution in [1.82, 2.24) is 4.98 Å². The van der Waals surface area contributed by atoms with Crippen LogP contribution >= 0.6 is 11.6 Å². The number of aromatic carboxylic acids is 1. The maximum atomic E-state index is 11.2. The number of benzene rings is 2. The van der Waals surface area contributed by atoms with Gasteiger partial charge in [0, 0.05) is 22.5 Å². The predicted octanol–water partition coefficient (Wildman–Crippen LogP) is 4.38. The molecule has 4 nitrogen and oxygen atoms in total. The van der Waals surface area contributed by atoms with Crippen molar-refractivity contribution in [2.24, 2.45) is 0 Å². The number of carbonyl (C=O) groups is 1. The summed E-state index contributed by atoms with van der Waals surface area (Å²) >= 11 is 5.89. The van der Waals surface area contributed by atoms with E-state index in [0.29, 0.717) is 10.9 Å². The van der Waals surface area contributed by atoms with Gasteiger partial charge in [-0.3, -0.25) is 0 Å². The molecule has 0 amide bonds. The van der Waals surface area contributed by atoms with Crippen LogP contribution in [0.25, 0.3) is 10.9 Å². The first kappa shape index (κ1) is 13.4. The minimum absolute atomic E-state index is 0.0364. The highest BCUT2D eigenvalue weighted by molar-refractivity contribution is 6.30. The van der Waals surface area contributed by atoms with Gasteiger partial charge in [-0.1, -0.05) is 29.8 Å². The molecule has 0 aliphatic rings. The fourth-order valence-corrected chi connectivity index (χ4v) is 2.14. The molecule has 0 saturated heterocycles. The summed E-state index contributed by atoms with van der Waals surface area (Å²) in [5.41, 5.74) is 0.809. The van der Waals surface area contributed by atoms with Crippen molar-refractivity contribution in [3.8, 4) is 11.6 Å². The highest BCUT2D eigenvalue weighted by Gasteiger charge is 2.13. The topological polar surface area (TPSA) is 59.4 Å². The van der Waals surface area contributed by atoms with Gasteiger partial charge in [-0.15, -0.1) is 0 Å². The molecule has 0 saturated carbocycles. The third-order valence-corrected chi connectivity index (χ3v) is 3.20. The number of ether oxygens (including phenoxy) is 1. The molecule has 0 bridgehead atoms. The number of fused-ring (bicyclic) bond motifs is 1. The summed E-state index contributed by atoms with van der Waals surface area (Å²) in [6, 6.07) is 15.5. The molecule has 3 aromatic rings. The first-order valence-corrected chi connectivity index (χ1v) is 6.58. The average Bonchev–Trinajstić information content (AvgIpc) is 2.47. The van der Waals surface area contributed by atoms with Gasteiger partial charge in [0.1, 0.15) is 11.3 Å². The van der Waals surface area contributed by atoms with Crippen LogP contribution in [-0.4, -0.2) is 16.1 Å². The van der Waals surface area contributed by atoms with Crippen molar-refractivity contribution in [2.75, 3.05) is 0 Å². The summed E-state index contributed by atoms with van der Waals surface area (Å²) in [5.74, 6) is -0.598. The number of nitrogens with zero attached hydrogens (tertiary/aromatic N) is 1. The number of carboxylic acid groups (broad SMARTS) is 1. The standard InChI is InChI=1S/C16H10ClNO3/c17-11-6-7-12(16(19)20)14(9-11)21-15-8-5-10-3-1-2-4-13(10)18-15/h1-9H,(H,19,20). The summed E-state index contributed by atoms with van der Waals surface area (Å²) in [4.78, 5) is 15.5. The zero-order chi connectivity index (χ0) is 14.8. The molecule has 1 aromatic heterocycles. The zero-order valence-corrected chi connectivity index (χ0v) is 11.5. The molecule has 0 unspecified atom stereocenters. The molecule has 5 heteroatoms. The minimum Gasteiger partial charge on any atom is -0.478 e. The Balaban J connectivity index is 2.02. The lowest BCUT2D eigenvalue weighted by atomic mass is 10.2. The average molecular weight is 300 g/mol. The van der Waals surface area contributed by atoms with Crippen molar-refractivity contribution in [3.63, 3.8) is 0 Å². The van der Waals surface area contributed by atoms with Gasteiger partial charge < -0.3 is 9.84 Å². The number of hydrogen-bond acceptors (Lipinski definition) is 3. The van der Waals surface area contributed by atoms with E-state index in [1.165, 1.54) is 18.2 Å². The first-order valence-electron chi connectivity index (χ1n) is 6.20. The molecule has 1 heterocycles. The maximum absolute atomic E-state index is 11.2. The fraction of sp³-hybridized carbons (Fsp3) is 0. The first-order chi connectivity index (χ1) is 10.1. The number of halogens is 1. The zero-order valence-electron chi connectivity index (χ0n) is 10.8. The quantitative estimate of drug-likeness (QED) is 0.779. The van der Waals surface area contributed by atoms with E-state index < -0.39 is 5.97 Å². The van der Waals surface area contributed by atoms with Crippen LogP contribution in [0.5, 0.6) is 11.6 Å². The number of carboxylic acids is 1. The maximum Gasteiger partial charge on any atom is 0.339 e. The molecule has 0 fully saturated rings. The van der Waals surface area contributed by atoms with Crippen molar-refractivity contribution >= 4 is 28.5 Å². The normalized spacial score (nSPS) is 10.5. The van der Waals surface area contributed by atoms with Crippen LogP contribution in [-0.2, 0) is 0 Å². The van der Waals surface area contributed by atoms with Crippen molar-refractivity contribution in [3.05, 3.63) is 65.2 Å². The highest BCUT2D eigenvalue weighted by Crippen LogP contribution is 2.28. The predicted molar refractivity (Wildman–Crippen MR) is 80.2 cm³/mol. The van der Waals surface area contributed by atoms with Gasteiger partial charge >= 0.3 is 5.97 Å². The van der Waals surface area contributed by atoms with E-state index in [2.05, 4.69) is 4.98 Å². The van der Waals surface area contributed by atoms with E-state index in [-0.39, 0.29) is 11.3 Å². The number of pyridine rings is 1. The van der Waals surface area contributed by atoms with Crippen molar-refractivity contribution < 1.29 is 14.6 Å². The Hall–Kier alpha value is -2.59. The van der Waals surface area contributed by atoms with Crippen molar-refractivity contribution in [2.45, 2.75) is 0 Å². The van der Waals surface area contributed by atoms with Gasteiger partial charge in [0.05, 0.1) is 5.52 Å². The van der Waals surface area contributed by atoms with Crippen LogP contribution in [0.2, 0.25) is 5.02 Å². The van der Waals surface area contributed by atoms with Gasteiger partial charge in [-0.25, -0.2) is 9.78 Å². The molecule has 104 valence electrons. The van der Waals surface area contributed by atoms with Gasteiger partial charge in [-0.2, -0.15) is 0 Å². The van der Waals surface area contributed by atoms with Crippen LogP contribution in [0.3, 0.4) is 0 Å². The lowest BCUT2D eigenvalue weighted by Gasteiger charge is -2.09. The summed E-state index contributed by atoms with van der Waals surface area (Å²) in [7, 11) is 0. The Morgan fingerprint density at radius 2 is 1.90 bits per heavy atom. The van der Waals surface area contributed by atoms with E-state index in [1.807, 2.05) is 30.3 Å². The van der Waals surface area contributed by atoms with E-state index >= 15 is 0 Å². The number of para-hydroxylation sites is 1. The summed E-state index contributed by atoms with van der Waals surface area (Å²) in [6.45, 7) is 0. The Labute approximate surface area is 125 Å². The Bertz CT molecular complexity index is 833. The fourth-order valence-electron chi connectivity index (χ4n) is 1.97. The molecule has 0 radical (unpaired) electrons. The monoisotopic (exact) mass is 299 g/mol. The van der Waals surface area contributed by atoms with Crippen LogP contribution in [0.15, 0.2) is 54.6 Å². The SMILES string of the molecule is O=C(O)c1ccc(Cl)cc1Oc1ccc2ccccc2n1. The lowest BCUT2D eigenvalue weighted by Crippen LogP contribution is -2.00. The molecule has 2 aromatic carbocycles. The minimum atomic E-state index is -1.08. The highest BCUT2D eigenvalue weighted by atomic mass is 35.5.